The van der Waals surface area contributed by atoms with Crippen LogP contribution in [0.1, 0.15) is 22.3 Å². The highest BCUT2D eigenvalue weighted by Gasteiger charge is 2.46. The standard InChI is InChI=1S/C55H39NO/c1-5-17-40(18-6-1)41-29-33-45(34-30-41)56(54-28-16-14-25-49(54)42-19-7-2-8-20-42)46-35-38-51-50-26-13-15-27-52(50)55(53(51)39-46,43-21-9-3-10-22-43)44-31-36-48(37-32-44)57-47-23-11-4-12-24-47/h1-39H. The number of rotatable bonds is 9. The number of anilines is 3. The molecule has 0 spiro atoms. The summed E-state index contributed by atoms with van der Waals surface area (Å²) in [6.45, 7) is 0. The molecule has 0 amide bonds. The number of para-hydroxylation sites is 2. The van der Waals surface area contributed by atoms with Crippen LogP contribution >= 0.6 is 0 Å². The Morgan fingerprint density at radius 2 is 0.807 bits per heavy atom. The van der Waals surface area contributed by atoms with Crippen LogP contribution < -0.4 is 9.64 Å². The summed E-state index contributed by atoms with van der Waals surface area (Å²) in [5.41, 5.74) is 14.8. The fourth-order valence-electron chi connectivity index (χ4n) is 8.67. The summed E-state index contributed by atoms with van der Waals surface area (Å²) in [5.74, 6) is 1.62. The van der Waals surface area contributed by atoms with Crippen molar-refractivity contribution in [2.24, 2.45) is 0 Å². The highest BCUT2D eigenvalue weighted by molar-refractivity contribution is 5.92. The maximum absolute atomic E-state index is 6.30. The van der Waals surface area contributed by atoms with E-state index in [9.17, 15) is 0 Å². The van der Waals surface area contributed by atoms with Crippen LogP contribution in [0.25, 0.3) is 33.4 Å². The molecule has 10 rings (SSSR count). The summed E-state index contributed by atoms with van der Waals surface area (Å²) >= 11 is 0. The van der Waals surface area contributed by atoms with E-state index in [-0.39, 0.29) is 0 Å². The van der Waals surface area contributed by atoms with Gasteiger partial charge in [0.05, 0.1) is 11.1 Å². The Labute approximate surface area is 334 Å². The first-order valence-electron chi connectivity index (χ1n) is 19.5. The average Bonchev–Trinajstić information content (AvgIpc) is 3.59. The minimum Gasteiger partial charge on any atom is -0.457 e. The monoisotopic (exact) mass is 729 g/mol. The lowest BCUT2D eigenvalue weighted by Crippen LogP contribution is -2.28. The van der Waals surface area contributed by atoms with E-state index in [1.807, 2.05) is 30.3 Å². The second-order valence-electron chi connectivity index (χ2n) is 14.5. The van der Waals surface area contributed by atoms with Gasteiger partial charge < -0.3 is 9.64 Å². The van der Waals surface area contributed by atoms with E-state index < -0.39 is 5.41 Å². The molecule has 0 fully saturated rings. The molecule has 0 aliphatic heterocycles. The minimum atomic E-state index is -0.587. The molecule has 57 heavy (non-hydrogen) atoms. The topological polar surface area (TPSA) is 12.5 Å². The Kier molecular flexibility index (Phi) is 8.78. The van der Waals surface area contributed by atoms with Crippen molar-refractivity contribution in [2.45, 2.75) is 5.41 Å². The molecule has 0 bridgehead atoms. The van der Waals surface area contributed by atoms with Crippen molar-refractivity contribution in [3.8, 4) is 44.9 Å². The lowest BCUT2D eigenvalue weighted by atomic mass is 9.67. The fraction of sp³-hybridized carbons (Fsp3) is 0.0182. The number of fused-ring (bicyclic) bond motifs is 3. The number of hydrogen-bond acceptors (Lipinski definition) is 2. The third kappa shape index (κ3) is 6.09. The van der Waals surface area contributed by atoms with Gasteiger partial charge in [-0.3, -0.25) is 0 Å². The average molecular weight is 730 g/mol. The summed E-state index contributed by atoms with van der Waals surface area (Å²) in [5, 5.41) is 0. The Hall–Kier alpha value is -7.42. The van der Waals surface area contributed by atoms with E-state index in [0.29, 0.717) is 0 Å². The number of benzene rings is 9. The first kappa shape index (κ1) is 34.1. The molecule has 1 atom stereocenters. The van der Waals surface area contributed by atoms with Gasteiger partial charge in [0.1, 0.15) is 11.5 Å². The molecule has 2 heteroatoms. The molecule has 1 aliphatic rings. The maximum Gasteiger partial charge on any atom is 0.127 e. The lowest BCUT2D eigenvalue weighted by molar-refractivity contribution is 0.482. The molecule has 1 unspecified atom stereocenters. The predicted octanol–water partition coefficient (Wildman–Crippen LogP) is 14.6. The van der Waals surface area contributed by atoms with Gasteiger partial charge in [-0.15, -0.1) is 0 Å². The van der Waals surface area contributed by atoms with Gasteiger partial charge in [0.2, 0.25) is 0 Å². The van der Waals surface area contributed by atoms with Gasteiger partial charge in [-0.05, 0) is 105 Å². The molecule has 0 saturated carbocycles. The van der Waals surface area contributed by atoms with E-state index in [2.05, 4.69) is 211 Å². The van der Waals surface area contributed by atoms with Gasteiger partial charge in [-0.25, -0.2) is 0 Å². The highest BCUT2D eigenvalue weighted by Crippen LogP contribution is 2.57. The van der Waals surface area contributed by atoms with Crippen LogP contribution in [0.4, 0.5) is 17.1 Å². The first-order chi connectivity index (χ1) is 28.3. The number of hydrogen-bond donors (Lipinski definition) is 0. The van der Waals surface area contributed by atoms with Crippen LogP contribution in [0, 0.1) is 0 Å². The number of nitrogens with zero attached hydrogens (tertiary/aromatic N) is 1. The number of ether oxygens (including phenoxy) is 1. The van der Waals surface area contributed by atoms with Crippen molar-refractivity contribution in [1.82, 2.24) is 0 Å². The summed E-state index contributed by atoms with van der Waals surface area (Å²) in [7, 11) is 0. The molecular formula is C55H39NO. The molecule has 0 radical (unpaired) electrons. The molecule has 2 nitrogen and oxygen atoms in total. The van der Waals surface area contributed by atoms with Crippen LogP contribution in [-0.2, 0) is 5.41 Å². The molecular weight excluding hydrogens is 691 g/mol. The van der Waals surface area contributed by atoms with Crippen LogP contribution in [-0.4, -0.2) is 0 Å². The van der Waals surface area contributed by atoms with Crippen LogP contribution in [0.2, 0.25) is 0 Å². The molecule has 9 aromatic carbocycles. The van der Waals surface area contributed by atoms with Crippen LogP contribution in [0.3, 0.4) is 0 Å². The third-order valence-electron chi connectivity index (χ3n) is 11.2. The molecule has 1 aliphatic carbocycles. The Morgan fingerprint density at radius 3 is 1.51 bits per heavy atom. The Bertz CT molecular complexity index is 2780. The van der Waals surface area contributed by atoms with Gasteiger partial charge in [0.15, 0.2) is 0 Å². The van der Waals surface area contributed by atoms with Gasteiger partial charge in [-0.2, -0.15) is 0 Å². The SMILES string of the molecule is c1ccc(Oc2ccc(C3(c4ccccc4)c4ccccc4-c4ccc(N(c5ccc(-c6ccccc6)cc5)c5ccccc5-c5ccccc5)cc43)cc2)cc1. The maximum atomic E-state index is 6.30. The molecule has 0 saturated heterocycles. The Morgan fingerprint density at radius 1 is 0.316 bits per heavy atom. The summed E-state index contributed by atoms with van der Waals surface area (Å²) < 4.78 is 6.30. The minimum absolute atomic E-state index is 0.587. The summed E-state index contributed by atoms with van der Waals surface area (Å²) in [6, 6.07) is 84.6. The van der Waals surface area contributed by atoms with Crippen molar-refractivity contribution in [3.63, 3.8) is 0 Å². The second kappa shape index (κ2) is 14.7. The van der Waals surface area contributed by atoms with Crippen molar-refractivity contribution in [2.75, 3.05) is 4.90 Å². The zero-order valence-electron chi connectivity index (χ0n) is 31.4. The molecule has 9 aromatic rings. The third-order valence-corrected chi connectivity index (χ3v) is 11.2. The highest BCUT2D eigenvalue weighted by atomic mass is 16.5. The van der Waals surface area contributed by atoms with E-state index in [4.69, 9.17) is 4.74 Å². The molecule has 0 heterocycles. The lowest BCUT2D eigenvalue weighted by Gasteiger charge is -2.35. The normalized spacial score (nSPS) is 14.0. The Balaban J connectivity index is 1.19. The van der Waals surface area contributed by atoms with Crippen molar-refractivity contribution in [3.05, 3.63) is 259 Å². The molecule has 0 aromatic heterocycles. The molecule has 0 N–H and O–H groups in total. The second-order valence-corrected chi connectivity index (χ2v) is 14.5. The van der Waals surface area contributed by atoms with Crippen LogP contribution in [0.15, 0.2) is 237 Å². The van der Waals surface area contributed by atoms with Crippen LogP contribution in [0.5, 0.6) is 11.5 Å². The summed E-state index contributed by atoms with van der Waals surface area (Å²) in [4.78, 5) is 2.42. The quantitative estimate of drug-likeness (QED) is 0.147. The zero-order chi connectivity index (χ0) is 38.0. The zero-order valence-corrected chi connectivity index (χ0v) is 31.4. The largest absolute Gasteiger partial charge is 0.457 e. The van der Waals surface area contributed by atoms with E-state index in [1.165, 1.54) is 50.1 Å². The van der Waals surface area contributed by atoms with Gasteiger partial charge in [-0.1, -0.05) is 182 Å². The van der Waals surface area contributed by atoms with E-state index >= 15 is 0 Å². The molecule has 270 valence electrons. The predicted molar refractivity (Wildman–Crippen MR) is 236 cm³/mol. The first-order valence-corrected chi connectivity index (χ1v) is 19.5. The van der Waals surface area contributed by atoms with Gasteiger partial charge in [0.25, 0.3) is 0 Å². The summed E-state index contributed by atoms with van der Waals surface area (Å²) in [6.07, 6.45) is 0. The van der Waals surface area contributed by atoms with Crippen molar-refractivity contribution in [1.29, 1.82) is 0 Å². The van der Waals surface area contributed by atoms with Crippen molar-refractivity contribution >= 4 is 17.1 Å². The van der Waals surface area contributed by atoms with Gasteiger partial charge in [0, 0.05) is 16.9 Å². The van der Waals surface area contributed by atoms with E-state index in [1.54, 1.807) is 0 Å². The van der Waals surface area contributed by atoms with Gasteiger partial charge >= 0.3 is 0 Å². The fourth-order valence-corrected chi connectivity index (χ4v) is 8.67. The van der Waals surface area contributed by atoms with E-state index in [0.717, 1.165) is 34.1 Å². The smallest absolute Gasteiger partial charge is 0.127 e. The van der Waals surface area contributed by atoms with Crippen molar-refractivity contribution < 1.29 is 4.74 Å².